The lowest BCUT2D eigenvalue weighted by Crippen LogP contribution is -1.99. The van der Waals surface area contributed by atoms with Gasteiger partial charge in [-0.15, -0.1) is 0 Å². The van der Waals surface area contributed by atoms with Gasteiger partial charge in [-0.2, -0.15) is 0 Å². The van der Waals surface area contributed by atoms with E-state index >= 15 is 0 Å². The van der Waals surface area contributed by atoms with Gasteiger partial charge in [0.05, 0.1) is 9.95 Å². The summed E-state index contributed by atoms with van der Waals surface area (Å²) in [6.07, 6.45) is 0. The number of rotatable bonds is 4. The first kappa shape index (κ1) is 13.3. The average Bonchev–Trinajstić information content (AvgIpc) is 2.38. The van der Waals surface area contributed by atoms with Crippen LogP contribution >= 0.6 is 11.6 Å². The highest BCUT2D eigenvalue weighted by Crippen LogP contribution is 2.22. The van der Waals surface area contributed by atoms with Gasteiger partial charge in [-0.25, -0.2) is 4.39 Å². The highest BCUT2D eigenvalue weighted by Gasteiger charge is 2.08. The number of non-ortho nitro benzene ring substituents is 1. The summed E-state index contributed by atoms with van der Waals surface area (Å²) in [5.74, 6) is -0.0423. The summed E-state index contributed by atoms with van der Waals surface area (Å²) in [5, 5.41) is 10.8. The van der Waals surface area contributed by atoms with Crippen molar-refractivity contribution in [1.29, 1.82) is 0 Å². The third-order valence-corrected chi connectivity index (χ3v) is 2.85. The summed E-state index contributed by atoms with van der Waals surface area (Å²) in [6.45, 7) is -0.0384. The van der Waals surface area contributed by atoms with Crippen molar-refractivity contribution in [2.24, 2.45) is 0 Å². The molecule has 2 rings (SSSR count). The molecule has 98 valence electrons. The van der Waals surface area contributed by atoms with E-state index in [1.54, 1.807) is 6.07 Å². The molecule has 0 amide bonds. The standard InChI is InChI=1S/C13H9ClFNO3/c14-12-2-1-3-13(15)11(12)8-19-10-6-4-9(5-7-10)16(17)18/h1-7H,8H2. The Balaban J connectivity index is 2.08. The second kappa shape index (κ2) is 5.67. The number of nitro groups is 1. The first-order valence-electron chi connectivity index (χ1n) is 5.38. The van der Waals surface area contributed by atoms with Gasteiger partial charge in [0.1, 0.15) is 18.2 Å². The van der Waals surface area contributed by atoms with Crippen molar-refractivity contribution in [2.75, 3.05) is 0 Å². The molecule has 19 heavy (non-hydrogen) atoms. The van der Waals surface area contributed by atoms with Crippen LogP contribution in [0.5, 0.6) is 5.75 Å². The van der Waals surface area contributed by atoms with Crippen LogP contribution in [0.4, 0.5) is 10.1 Å². The van der Waals surface area contributed by atoms with Crippen LogP contribution in [-0.4, -0.2) is 4.92 Å². The van der Waals surface area contributed by atoms with Crippen molar-refractivity contribution in [3.8, 4) is 5.75 Å². The van der Waals surface area contributed by atoms with Crippen LogP contribution in [0, 0.1) is 15.9 Å². The van der Waals surface area contributed by atoms with Crippen molar-refractivity contribution in [1.82, 2.24) is 0 Å². The lowest BCUT2D eigenvalue weighted by atomic mass is 10.2. The van der Waals surface area contributed by atoms with Crippen LogP contribution in [0.3, 0.4) is 0 Å². The first-order chi connectivity index (χ1) is 9.08. The first-order valence-corrected chi connectivity index (χ1v) is 5.76. The third-order valence-electron chi connectivity index (χ3n) is 2.49. The highest BCUT2D eigenvalue weighted by atomic mass is 35.5. The fourth-order valence-electron chi connectivity index (χ4n) is 1.49. The molecular weight excluding hydrogens is 273 g/mol. The molecule has 0 radical (unpaired) electrons. The van der Waals surface area contributed by atoms with E-state index in [4.69, 9.17) is 16.3 Å². The molecule has 0 atom stereocenters. The molecule has 0 heterocycles. The van der Waals surface area contributed by atoms with Crippen molar-refractivity contribution in [2.45, 2.75) is 6.61 Å². The van der Waals surface area contributed by atoms with E-state index in [1.165, 1.54) is 36.4 Å². The Labute approximate surface area is 113 Å². The lowest BCUT2D eigenvalue weighted by molar-refractivity contribution is -0.384. The van der Waals surface area contributed by atoms with Gasteiger partial charge in [0, 0.05) is 17.7 Å². The number of benzene rings is 2. The summed E-state index contributed by atoms with van der Waals surface area (Å²) >= 11 is 5.85. The van der Waals surface area contributed by atoms with Crippen molar-refractivity contribution in [3.05, 3.63) is 69.0 Å². The summed E-state index contributed by atoms with van der Waals surface area (Å²) in [4.78, 5) is 9.98. The molecule has 0 saturated carbocycles. The van der Waals surface area contributed by atoms with E-state index in [-0.39, 0.29) is 22.9 Å². The predicted octanol–water partition coefficient (Wildman–Crippen LogP) is 3.97. The van der Waals surface area contributed by atoms with Crippen LogP contribution in [-0.2, 0) is 6.61 Å². The number of nitro benzene ring substituents is 1. The van der Waals surface area contributed by atoms with E-state index in [2.05, 4.69) is 0 Å². The fourth-order valence-corrected chi connectivity index (χ4v) is 1.71. The number of hydrogen-bond donors (Lipinski definition) is 0. The third kappa shape index (κ3) is 3.20. The van der Waals surface area contributed by atoms with Crippen LogP contribution in [0.2, 0.25) is 5.02 Å². The van der Waals surface area contributed by atoms with Gasteiger partial charge in [-0.1, -0.05) is 17.7 Å². The quantitative estimate of drug-likeness (QED) is 0.629. The molecular formula is C13H9ClFNO3. The second-order valence-corrected chi connectivity index (χ2v) is 4.15. The monoisotopic (exact) mass is 281 g/mol. The zero-order valence-corrected chi connectivity index (χ0v) is 10.4. The molecule has 2 aromatic rings. The number of nitrogens with zero attached hydrogens (tertiary/aromatic N) is 1. The molecule has 0 aliphatic rings. The highest BCUT2D eigenvalue weighted by molar-refractivity contribution is 6.31. The molecule has 0 aliphatic heterocycles. The Morgan fingerprint density at radius 3 is 2.47 bits per heavy atom. The van der Waals surface area contributed by atoms with Crippen LogP contribution < -0.4 is 4.74 Å². The second-order valence-electron chi connectivity index (χ2n) is 3.74. The topological polar surface area (TPSA) is 52.4 Å². The maximum absolute atomic E-state index is 13.5. The average molecular weight is 282 g/mol. The van der Waals surface area contributed by atoms with Crippen molar-refractivity contribution in [3.63, 3.8) is 0 Å². The Morgan fingerprint density at radius 2 is 1.89 bits per heavy atom. The minimum absolute atomic E-state index is 0.0312. The van der Waals surface area contributed by atoms with E-state index in [0.29, 0.717) is 5.75 Å². The minimum atomic E-state index is -0.502. The summed E-state index contributed by atoms with van der Waals surface area (Å²) in [5.41, 5.74) is 0.221. The van der Waals surface area contributed by atoms with E-state index in [0.717, 1.165) is 0 Å². The van der Waals surface area contributed by atoms with E-state index in [9.17, 15) is 14.5 Å². The maximum atomic E-state index is 13.5. The van der Waals surface area contributed by atoms with Gasteiger partial charge in [0.25, 0.3) is 5.69 Å². The van der Waals surface area contributed by atoms with Crippen LogP contribution in [0.15, 0.2) is 42.5 Å². The van der Waals surface area contributed by atoms with Crippen molar-refractivity contribution >= 4 is 17.3 Å². The molecule has 0 bridgehead atoms. The van der Waals surface area contributed by atoms with Gasteiger partial charge in [0.2, 0.25) is 0 Å². The molecule has 2 aromatic carbocycles. The van der Waals surface area contributed by atoms with Gasteiger partial charge in [0.15, 0.2) is 0 Å². The zero-order valence-electron chi connectivity index (χ0n) is 9.68. The Kier molecular flexibility index (Phi) is 3.97. The maximum Gasteiger partial charge on any atom is 0.269 e. The molecule has 6 heteroatoms. The molecule has 0 aromatic heterocycles. The van der Waals surface area contributed by atoms with E-state index in [1.807, 2.05) is 0 Å². The molecule has 0 spiro atoms. The SMILES string of the molecule is O=[N+]([O-])c1ccc(OCc2c(F)cccc2Cl)cc1. The fraction of sp³-hybridized carbons (Fsp3) is 0.0769. The smallest absolute Gasteiger partial charge is 0.269 e. The van der Waals surface area contributed by atoms with Gasteiger partial charge in [-0.3, -0.25) is 10.1 Å². The van der Waals surface area contributed by atoms with E-state index < -0.39 is 10.7 Å². The van der Waals surface area contributed by atoms with Crippen LogP contribution in [0.25, 0.3) is 0 Å². The zero-order chi connectivity index (χ0) is 13.8. The molecule has 0 fully saturated rings. The normalized spacial score (nSPS) is 10.2. The largest absolute Gasteiger partial charge is 0.489 e. The Hall–Kier alpha value is -2.14. The molecule has 0 unspecified atom stereocenters. The summed E-state index contributed by atoms with van der Waals surface area (Å²) < 4.78 is 18.8. The minimum Gasteiger partial charge on any atom is -0.489 e. The molecule has 4 nitrogen and oxygen atoms in total. The lowest BCUT2D eigenvalue weighted by Gasteiger charge is -2.08. The predicted molar refractivity (Wildman–Crippen MR) is 68.8 cm³/mol. The Bertz CT molecular complexity index is 581. The van der Waals surface area contributed by atoms with Crippen molar-refractivity contribution < 1.29 is 14.1 Å². The number of halogens is 2. The molecule has 0 aliphatic carbocycles. The molecule has 0 saturated heterocycles. The summed E-state index contributed by atoms with van der Waals surface area (Å²) in [6, 6.07) is 9.91. The van der Waals surface area contributed by atoms with Gasteiger partial charge in [-0.05, 0) is 24.3 Å². The number of ether oxygens (including phenoxy) is 1. The summed E-state index contributed by atoms with van der Waals surface area (Å²) in [7, 11) is 0. The Morgan fingerprint density at radius 1 is 1.21 bits per heavy atom. The van der Waals surface area contributed by atoms with Crippen LogP contribution in [0.1, 0.15) is 5.56 Å². The molecule has 0 N–H and O–H groups in total. The van der Waals surface area contributed by atoms with Gasteiger partial charge < -0.3 is 4.74 Å². The number of hydrogen-bond acceptors (Lipinski definition) is 3. The van der Waals surface area contributed by atoms with Gasteiger partial charge >= 0.3 is 0 Å².